The first kappa shape index (κ1) is 27.1. The van der Waals surface area contributed by atoms with Crippen molar-refractivity contribution in [2.45, 2.75) is 140 Å². The number of benzene rings is 2. The molecule has 0 aromatic heterocycles. The van der Waals surface area contributed by atoms with Crippen LogP contribution in [-0.4, -0.2) is 10.2 Å². The summed E-state index contributed by atoms with van der Waals surface area (Å²) in [5.74, 6) is 2.28. The van der Waals surface area contributed by atoms with Gasteiger partial charge in [-0.3, -0.25) is 0 Å². The van der Waals surface area contributed by atoms with Crippen LogP contribution in [0.4, 0.5) is 0 Å². The summed E-state index contributed by atoms with van der Waals surface area (Å²) in [4.78, 5) is 0. The molecule has 0 unspecified atom stereocenters. The van der Waals surface area contributed by atoms with E-state index >= 15 is 0 Å². The molecule has 0 atom stereocenters. The van der Waals surface area contributed by atoms with Gasteiger partial charge in [0.15, 0.2) is 0 Å². The standard InChI is InChI=1S/C34H50O2/c1-2-3-4-5-6-7-14-19-30(28-20-22-33(35)31(24-28)26-15-10-8-11-16-26)29-21-23-34(36)32(25-29)27-17-12-9-13-18-27/h20-27,30,35-36H,2-19H2,1H3. The number of phenolic OH excluding ortho intramolecular Hbond substituents is 2. The van der Waals surface area contributed by atoms with Crippen molar-refractivity contribution in [3.05, 3.63) is 58.7 Å². The average Bonchev–Trinajstić information content (AvgIpc) is 2.92. The summed E-state index contributed by atoms with van der Waals surface area (Å²) in [7, 11) is 0. The molecule has 2 aromatic rings. The van der Waals surface area contributed by atoms with Gasteiger partial charge in [-0.05, 0) is 78.3 Å². The van der Waals surface area contributed by atoms with Gasteiger partial charge >= 0.3 is 0 Å². The first-order valence-corrected chi connectivity index (χ1v) is 15.3. The van der Waals surface area contributed by atoms with Crippen LogP contribution in [0.2, 0.25) is 0 Å². The first-order chi connectivity index (χ1) is 17.7. The average molecular weight is 491 g/mol. The number of aromatic hydroxyl groups is 2. The van der Waals surface area contributed by atoms with Crippen molar-refractivity contribution in [2.24, 2.45) is 0 Å². The Hall–Kier alpha value is -1.96. The maximum Gasteiger partial charge on any atom is 0.119 e. The molecule has 2 aliphatic rings. The van der Waals surface area contributed by atoms with E-state index in [0.717, 1.165) is 6.42 Å². The van der Waals surface area contributed by atoms with Crippen LogP contribution in [0.25, 0.3) is 0 Å². The molecule has 0 radical (unpaired) electrons. The molecule has 0 saturated heterocycles. The van der Waals surface area contributed by atoms with Crippen LogP contribution in [0.5, 0.6) is 11.5 Å². The molecule has 2 N–H and O–H groups in total. The van der Waals surface area contributed by atoms with Gasteiger partial charge in [0, 0.05) is 5.92 Å². The van der Waals surface area contributed by atoms with Crippen LogP contribution in [0, 0.1) is 0 Å². The van der Waals surface area contributed by atoms with E-state index in [1.54, 1.807) is 0 Å². The molecular formula is C34H50O2. The van der Waals surface area contributed by atoms with E-state index in [4.69, 9.17) is 0 Å². The highest BCUT2D eigenvalue weighted by Crippen LogP contribution is 2.43. The molecular weight excluding hydrogens is 440 g/mol. The van der Waals surface area contributed by atoms with E-state index < -0.39 is 0 Å². The molecule has 2 nitrogen and oxygen atoms in total. The molecule has 0 spiro atoms. The van der Waals surface area contributed by atoms with Crippen LogP contribution < -0.4 is 0 Å². The fraction of sp³-hybridized carbons (Fsp3) is 0.647. The second-order valence-corrected chi connectivity index (χ2v) is 11.8. The lowest BCUT2D eigenvalue weighted by atomic mass is 9.78. The van der Waals surface area contributed by atoms with Crippen molar-refractivity contribution in [1.82, 2.24) is 0 Å². The summed E-state index contributed by atoms with van der Waals surface area (Å²) >= 11 is 0. The Morgan fingerprint density at radius 2 is 1.06 bits per heavy atom. The number of unbranched alkanes of at least 4 members (excludes halogenated alkanes) is 6. The minimum atomic E-state index is 0.325. The zero-order valence-electron chi connectivity index (χ0n) is 22.8. The predicted molar refractivity (Wildman–Crippen MR) is 152 cm³/mol. The second kappa shape index (κ2) is 14.1. The van der Waals surface area contributed by atoms with Crippen molar-refractivity contribution in [2.75, 3.05) is 0 Å². The third kappa shape index (κ3) is 7.30. The smallest absolute Gasteiger partial charge is 0.119 e. The van der Waals surface area contributed by atoms with E-state index in [9.17, 15) is 10.2 Å². The number of rotatable bonds is 12. The molecule has 2 aromatic carbocycles. The normalized spacial score (nSPS) is 17.6. The maximum atomic E-state index is 10.8. The van der Waals surface area contributed by atoms with Gasteiger partial charge in [-0.2, -0.15) is 0 Å². The fourth-order valence-electron chi connectivity index (χ4n) is 6.89. The quantitative estimate of drug-likeness (QED) is 0.290. The third-order valence-corrected chi connectivity index (χ3v) is 9.09. The van der Waals surface area contributed by atoms with Crippen LogP contribution in [0.3, 0.4) is 0 Å². The Labute approximate surface area is 220 Å². The largest absolute Gasteiger partial charge is 0.508 e. The molecule has 4 rings (SSSR count). The minimum Gasteiger partial charge on any atom is -0.508 e. The van der Waals surface area contributed by atoms with Gasteiger partial charge in [0.2, 0.25) is 0 Å². The minimum absolute atomic E-state index is 0.325. The first-order valence-electron chi connectivity index (χ1n) is 15.3. The summed E-state index contributed by atoms with van der Waals surface area (Å²) in [6, 6.07) is 12.9. The van der Waals surface area contributed by atoms with Crippen molar-refractivity contribution >= 4 is 0 Å². The SMILES string of the molecule is CCCCCCCCCC(c1ccc(O)c(C2CCCCC2)c1)c1ccc(O)c(C2CCCCC2)c1. The lowest BCUT2D eigenvalue weighted by Crippen LogP contribution is -2.09. The molecule has 2 heteroatoms. The van der Waals surface area contributed by atoms with E-state index in [-0.39, 0.29) is 0 Å². The number of hydrogen-bond donors (Lipinski definition) is 2. The van der Waals surface area contributed by atoms with Crippen LogP contribution in [-0.2, 0) is 0 Å². The molecule has 2 saturated carbocycles. The van der Waals surface area contributed by atoms with Crippen LogP contribution in [0.1, 0.15) is 163 Å². The van der Waals surface area contributed by atoms with Gasteiger partial charge in [0.25, 0.3) is 0 Å². The molecule has 0 heterocycles. The van der Waals surface area contributed by atoms with Crippen molar-refractivity contribution < 1.29 is 10.2 Å². The van der Waals surface area contributed by atoms with E-state index in [0.29, 0.717) is 29.3 Å². The van der Waals surface area contributed by atoms with Gasteiger partial charge in [-0.25, -0.2) is 0 Å². The summed E-state index contributed by atoms with van der Waals surface area (Å²) in [5.41, 5.74) is 5.03. The summed E-state index contributed by atoms with van der Waals surface area (Å²) < 4.78 is 0. The Kier molecular flexibility index (Phi) is 10.6. The highest BCUT2D eigenvalue weighted by Gasteiger charge is 2.24. The van der Waals surface area contributed by atoms with Crippen molar-refractivity contribution in [3.63, 3.8) is 0 Å². The monoisotopic (exact) mass is 490 g/mol. The Morgan fingerprint density at radius 1 is 0.611 bits per heavy atom. The molecule has 198 valence electrons. The maximum absolute atomic E-state index is 10.8. The van der Waals surface area contributed by atoms with Crippen LogP contribution >= 0.6 is 0 Å². The van der Waals surface area contributed by atoms with E-state index in [2.05, 4.69) is 31.2 Å². The van der Waals surface area contributed by atoms with Gasteiger partial charge in [0.1, 0.15) is 11.5 Å². The Morgan fingerprint density at radius 3 is 1.53 bits per heavy atom. The van der Waals surface area contributed by atoms with Gasteiger partial charge < -0.3 is 10.2 Å². The lowest BCUT2D eigenvalue weighted by molar-refractivity contribution is 0.413. The van der Waals surface area contributed by atoms with Crippen molar-refractivity contribution in [3.8, 4) is 11.5 Å². The highest BCUT2D eigenvalue weighted by molar-refractivity contribution is 5.46. The Balaban J connectivity index is 1.57. The van der Waals surface area contributed by atoms with Gasteiger partial charge in [-0.15, -0.1) is 0 Å². The zero-order chi connectivity index (χ0) is 25.2. The van der Waals surface area contributed by atoms with Gasteiger partial charge in [0.05, 0.1) is 0 Å². The summed E-state index contributed by atoms with van der Waals surface area (Å²) in [6.45, 7) is 2.28. The molecule has 0 aliphatic heterocycles. The topological polar surface area (TPSA) is 40.5 Å². The second-order valence-electron chi connectivity index (χ2n) is 11.8. The lowest BCUT2D eigenvalue weighted by Gasteiger charge is -2.27. The molecule has 36 heavy (non-hydrogen) atoms. The number of phenols is 2. The van der Waals surface area contributed by atoms with Crippen LogP contribution in [0.15, 0.2) is 36.4 Å². The predicted octanol–water partition coefficient (Wildman–Crippen LogP) is 10.5. The number of hydrogen-bond acceptors (Lipinski definition) is 2. The molecule has 2 aliphatic carbocycles. The van der Waals surface area contributed by atoms with Crippen molar-refractivity contribution in [1.29, 1.82) is 0 Å². The summed E-state index contributed by atoms with van der Waals surface area (Å²) in [6.07, 6.45) is 22.9. The van der Waals surface area contributed by atoms with E-state index in [1.165, 1.54) is 131 Å². The van der Waals surface area contributed by atoms with E-state index in [1.807, 2.05) is 12.1 Å². The highest BCUT2D eigenvalue weighted by atomic mass is 16.3. The molecule has 0 bridgehead atoms. The summed E-state index contributed by atoms with van der Waals surface area (Å²) in [5, 5.41) is 21.5. The zero-order valence-corrected chi connectivity index (χ0v) is 22.8. The Bertz CT molecular complexity index is 853. The molecule has 2 fully saturated rings. The fourth-order valence-corrected chi connectivity index (χ4v) is 6.89. The third-order valence-electron chi connectivity index (χ3n) is 9.09. The van der Waals surface area contributed by atoms with Gasteiger partial charge in [-0.1, -0.05) is 115 Å². The molecule has 0 amide bonds.